The molecular weight excluding hydrogens is 388 g/mol. The molecule has 1 aromatic carbocycles. The number of hydrogen-bond acceptors (Lipinski definition) is 4. The molecule has 0 saturated carbocycles. The standard InChI is InChI=1S/C19H25F2N3O3S/c1-11(18(20)21)24-9-14(10-24)28(26,27)23-19(25)22-17-15-6-2-4-12(15)8-13-5-3-7-16(13)17/h8,11,14,18H,2-7,9-10H2,1H3,(H2,22,23,25). The molecule has 4 rings (SSSR count). The summed E-state index contributed by atoms with van der Waals surface area (Å²) in [5.74, 6) is 0. The van der Waals surface area contributed by atoms with Crippen LogP contribution in [0, 0.1) is 0 Å². The van der Waals surface area contributed by atoms with Crippen molar-refractivity contribution in [1.29, 1.82) is 0 Å². The van der Waals surface area contributed by atoms with Gasteiger partial charge in [0.15, 0.2) is 0 Å². The number of carbonyl (C=O) groups excluding carboxylic acids is 1. The van der Waals surface area contributed by atoms with Crippen LogP contribution in [-0.2, 0) is 35.7 Å². The van der Waals surface area contributed by atoms with Crippen molar-refractivity contribution >= 4 is 21.7 Å². The van der Waals surface area contributed by atoms with Crippen LogP contribution in [0.3, 0.4) is 0 Å². The first-order valence-electron chi connectivity index (χ1n) is 9.77. The highest BCUT2D eigenvalue weighted by molar-refractivity contribution is 7.90. The van der Waals surface area contributed by atoms with E-state index in [1.165, 1.54) is 23.0 Å². The second-order valence-corrected chi connectivity index (χ2v) is 9.95. The largest absolute Gasteiger partial charge is 0.332 e. The normalized spacial score (nSPS) is 20.6. The number of sulfonamides is 1. The fraction of sp³-hybridized carbons (Fsp3) is 0.632. The van der Waals surface area contributed by atoms with E-state index in [0.29, 0.717) is 0 Å². The summed E-state index contributed by atoms with van der Waals surface area (Å²) in [6, 6.07) is 0.474. The van der Waals surface area contributed by atoms with Crippen LogP contribution in [0.1, 0.15) is 42.0 Å². The molecule has 1 aliphatic heterocycles. The Bertz CT molecular complexity index is 866. The van der Waals surface area contributed by atoms with Gasteiger partial charge in [0.2, 0.25) is 10.0 Å². The predicted molar refractivity (Wildman–Crippen MR) is 102 cm³/mol. The number of rotatable bonds is 5. The Morgan fingerprint density at radius 3 is 2.21 bits per heavy atom. The van der Waals surface area contributed by atoms with E-state index >= 15 is 0 Å². The molecule has 6 nitrogen and oxygen atoms in total. The third kappa shape index (κ3) is 3.50. The van der Waals surface area contributed by atoms with Gasteiger partial charge in [-0.25, -0.2) is 26.7 Å². The number of hydrogen-bond donors (Lipinski definition) is 2. The van der Waals surface area contributed by atoms with Gasteiger partial charge in [-0.15, -0.1) is 0 Å². The first kappa shape index (κ1) is 19.6. The monoisotopic (exact) mass is 413 g/mol. The van der Waals surface area contributed by atoms with Gasteiger partial charge in [0, 0.05) is 18.8 Å². The fourth-order valence-corrected chi connectivity index (χ4v) is 5.73. The van der Waals surface area contributed by atoms with Crippen LogP contribution in [-0.4, -0.2) is 50.2 Å². The van der Waals surface area contributed by atoms with Crippen LogP contribution < -0.4 is 10.0 Å². The summed E-state index contributed by atoms with van der Waals surface area (Å²) < 4.78 is 52.4. The molecule has 1 aromatic rings. The van der Waals surface area contributed by atoms with Gasteiger partial charge in [0.05, 0.1) is 6.04 Å². The maximum Gasteiger partial charge on any atom is 0.332 e. The fourth-order valence-electron chi connectivity index (χ4n) is 4.48. The van der Waals surface area contributed by atoms with Crippen molar-refractivity contribution < 1.29 is 22.0 Å². The summed E-state index contributed by atoms with van der Waals surface area (Å²) in [5.41, 5.74) is 5.50. The van der Waals surface area contributed by atoms with Gasteiger partial charge in [-0.3, -0.25) is 4.90 Å². The Morgan fingerprint density at radius 1 is 1.11 bits per heavy atom. The zero-order chi connectivity index (χ0) is 20.1. The van der Waals surface area contributed by atoms with E-state index in [1.807, 2.05) is 0 Å². The lowest BCUT2D eigenvalue weighted by Gasteiger charge is -2.41. The summed E-state index contributed by atoms with van der Waals surface area (Å²) in [6.07, 6.45) is 3.28. The molecule has 3 aliphatic rings. The van der Waals surface area contributed by atoms with Crippen LogP contribution in [0.2, 0.25) is 0 Å². The van der Waals surface area contributed by atoms with E-state index in [-0.39, 0.29) is 13.1 Å². The van der Waals surface area contributed by atoms with E-state index in [0.717, 1.165) is 55.3 Å². The van der Waals surface area contributed by atoms with E-state index < -0.39 is 33.8 Å². The number of aryl methyl sites for hydroxylation is 2. The van der Waals surface area contributed by atoms with Crippen LogP contribution in [0.15, 0.2) is 6.07 Å². The first-order valence-corrected chi connectivity index (χ1v) is 11.3. The lowest BCUT2D eigenvalue weighted by molar-refractivity contribution is 0.00657. The minimum absolute atomic E-state index is 0.00422. The maximum atomic E-state index is 12.7. The molecule has 1 unspecified atom stereocenters. The molecule has 9 heteroatoms. The molecule has 2 amide bonds. The van der Waals surface area contributed by atoms with Gasteiger partial charge in [-0.1, -0.05) is 6.07 Å². The molecular formula is C19H25F2N3O3S. The Morgan fingerprint density at radius 2 is 1.68 bits per heavy atom. The molecule has 2 aliphatic carbocycles. The van der Waals surface area contributed by atoms with E-state index in [2.05, 4.69) is 16.1 Å². The van der Waals surface area contributed by atoms with Crippen LogP contribution >= 0.6 is 0 Å². The molecule has 154 valence electrons. The number of benzene rings is 1. The second-order valence-electron chi connectivity index (χ2n) is 7.99. The van der Waals surface area contributed by atoms with Crippen LogP contribution in [0.25, 0.3) is 0 Å². The zero-order valence-electron chi connectivity index (χ0n) is 15.8. The molecule has 0 aromatic heterocycles. The minimum Gasteiger partial charge on any atom is -0.307 e. The highest BCUT2D eigenvalue weighted by Gasteiger charge is 2.42. The average molecular weight is 413 g/mol. The van der Waals surface area contributed by atoms with Crippen molar-refractivity contribution in [2.75, 3.05) is 18.4 Å². The Kier molecular flexibility index (Phi) is 5.07. The number of nitrogens with one attached hydrogen (secondary N) is 2. The average Bonchev–Trinajstić information content (AvgIpc) is 3.20. The van der Waals surface area contributed by atoms with Gasteiger partial charge in [-0.2, -0.15) is 0 Å². The van der Waals surface area contributed by atoms with Gasteiger partial charge in [0.25, 0.3) is 6.43 Å². The van der Waals surface area contributed by atoms with Crippen molar-refractivity contribution in [3.05, 3.63) is 28.3 Å². The van der Waals surface area contributed by atoms with E-state index in [4.69, 9.17) is 0 Å². The molecule has 1 heterocycles. The summed E-state index contributed by atoms with van der Waals surface area (Å²) in [4.78, 5) is 13.9. The highest BCUT2D eigenvalue weighted by atomic mass is 32.2. The molecule has 28 heavy (non-hydrogen) atoms. The van der Waals surface area contributed by atoms with Crippen molar-refractivity contribution in [1.82, 2.24) is 9.62 Å². The number of anilines is 1. The van der Waals surface area contributed by atoms with Gasteiger partial charge in [-0.05, 0) is 67.7 Å². The Balaban J connectivity index is 1.43. The second kappa shape index (κ2) is 7.26. The summed E-state index contributed by atoms with van der Waals surface area (Å²) in [7, 11) is -3.91. The Labute approximate surface area is 163 Å². The lowest BCUT2D eigenvalue weighted by Crippen LogP contribution is -2.62. The molecule has 1 fully saturated rings. The SMILES string of the molecule is CC(C(F)F)N1CC(S(=O)(=O)NC(=O)Nc2c3c(cc4c2CCC4)CCC3)C1. The maximum absolute atomic E-state index is 12.7. The Hall–Kier alpha value is -1.74. The van der Waals surface area contributed by atoms with Crippen molar-refractivity contribution in [3.63, 3.8) is 0 Å². The summed E-state index contributed by atoms with van der Waals surface area (Å²) >= 11 is 0. The van der Waals surface area contributed by atoms with Crippen molar-refractivity contribution in [2.24, 2.45) is 0 Å². The molecule has 2 N–H and O–H groups in total. The molecule has 1 saturated heterocycles. The van der Waals surface area contributed by atoms with Gasteiger partial charge in [0.1, 0.15) is 5.25 Å². The zero-order valence-corrected chi connectivity index (χ0v) is 16.6. The summed E-state index contributed by atoms with van der Waals surface area (Å²) in [6.45, 7) is 1.37. The van der Waals surface area contributed by atoms with Gasteiger partial charge < -0.3 is 5.32 Å². The van der Waals surface area contributed by atoms with Crippen LogP contribution in [0.5, 0.6) is 0 Å². The van der Waals surface area contributed by atoms with Crippen molar-refractivity contribution in [2.45, 2.75) is 63.2 Å². The van der Waals surface area contributed by atoms with Crippen molar-refractivity contribution in [3.8, 4) is 0 Å². The third-order valence-corrected chi connectivity index (χ3v) is 7.85. The third-order valence-electron chi connectivity index (χ3n) is 6.20. The first-order chi connectivity index (χ1) is 13.3. The van der Waals surface area contributed by atoms with E-state index in [1.54, 1.807) is 0 Å². The molecule has 0 radical (unpaired) electrons. The number of nitrogens with zero attached hydrogens (tertiary/aromatic N) is 1. The molecule has 1 atom stereocenters. The minimum atomic E-state index is -3.91. The van der Waals surface area contributed by atoms with E-state index in [9.17, 15) is 22.0 Å². The topological polar surface area (TPSA) is 78.5 Å². The lowest BCUT2D eigenvalue weighted by atomic mass is 9.99. The quantitative estimate of drug-likeness (QED) is 0.777. The smallest absolute Gasteiger partial charge is 0.307 e. The van der Waals surface area contributed by atoms with Gasteiger partial charge >= 0.3 is 6.03 Å². The predicted octanol–water partition coefficient (Wildman–Crippen LogP) is 2.45. The molecule has 0 spiro atoms. The number of alkyl halides is 2. The number of fused-ring (bicyclic) bond motifs is 2. The number of likely N-dealkylation sites (tertiary alicyclic amines) is 1. The van der Waals surface area contributed by atoms with Crippen LogP contribution in [0.4, 0.5) is 19.3 Å². The highest BCUT2D eigenvalue weighted by Crippen LogP contribution is 2.38. The number of amides is 2. The number of carbonyl (C=O) groups is 1. The molecule has 0 bridgehead atoms. The number of urea groups is 1. The number of halogens is 2. The summed E-state index contributed by atoms with van der Waals surface area (Å²) in [5, 5.41) is 1.94.